The molecule has 3 heteroatoms. The zero-order valence-electron chi connectivity index (χ0n) is 11.2. The maximum atomic E-state index is 11.8. The molecule has 0 bridgehead atoms. The number of ketones is 1. The van der Waals surface area contributed by atoms with Gasteiger partial charge in [-0.1, -0.05) is 44.2 Å². The monoisotopic (exact) mass is 248 g/mol. The number of carbonyl (C=O) groups is 2. The van der Waals surface area contributed by atoms with E-state index in [2.05, 4.69) is 0 Å². The van der Waals surface area contributed by atoms with Crippen molar-refractivity contribution in [3.05, 3.63) is 35.9 Å². The van der Waals surface area contributed by atoms with Crippen LogP contribution in [0.2, 0.25) is 0 Å². The SMILES string of the molecule is COC(=O)C(CC(=O)C(C)C)Cc1ccccc1. The average Bonchev–Trinajstić information content (AvgIpc) is 2.38. The summed E-state index contributed by atoms with van der Waals surface area (Å²) in [4.78, 5) is 23.5. The third-order valence-electron chi connectivity index (χ3n) is 2.95. The summed E-state index contributed by atoms with van der Waals surface area (Å²) in [6.07, 6.45) is 0.797. The van der Waals surface area contributed by atoms with Crippen LogP contribution >= 0.6 is 0 Å². The zero-order chi connectivity index (χ0) is 13.5. The van der Waals surface area contributed by atoms with Gasteiger partial charge in [-0.2, -0.15) is 0 Å². The number of hydrogen-bond donors (Lipinski definition) is 0. The van der Waals surface area contributed by atoms with Gasteiger partial charge in [0.25, 0.3) is 0 Å². The number of carbonyl (C=O) groups excluding carboxylic acids is 2. The average molecular weight is 248 g/mol. The fraction of sp³-hybridized carbons (Fsp3) is 0.467. The fourth-order valence-electron chi connectivity index (χ4n) is 1.78. The lowest BCUT2D eigenvalue weighted by Gasteiger charge is -2.15. The lowest BCUT2D eigenvalue weighted by atomic mass is 9.91. The molecule has 0 radical (unpaired) electrons. The molecule has 0 saturated heterocycles. The van der Waals surface area contributed by atoms with E-state index in [1.165, 1.54) is 7.11 Å². The maximum absolute atomic E-state index is 11.8. The minimum Gasteiger partial charge on any atom is -0.469 e. The molecule has 0 aromatic heterocycles. The van der Waals surface area contributed by atoms with Crippen molar-refractivity contribution in [3.63, 3.8) is 0 Å². The summed E-state index contributed by atoms with van der Waals surface area (Å²) in [5, 5.41) is 0. The first-order chi connectivity index (χ1) is 8.54. The predicted octanol–water partition coefficient (Wildman–Crippen LogP) is 2.63. The normalized spacial score (nSPS) is 12.2. The van der Waals surface area contributed by atoms with E-state index in [9.17, 15) is 9.59 Å². The van der Waals surface area contributed by atoms with Crippen LogP contribution in [0, 0.1) is 11.8 Å². The highest BCUT2D eigenvalue weighted by atomic mass is 16.5. The molecule has 0 amide bonds. The first-order valence-corrected chi connectivity index (χ1v) is 6.19. The summed E-state index contributed by atoms with van der Waals surface area (Å²) >= 11 is 0. The largest absolute Gasteiger partial charge is 0.469 e. The second-order valence-corrected chi connectivity index (χ2v) is 4.73. The summed E-state index contributed by atoms with van der Waals surface area (Å²) in [7, 11) is 1.36. The van der Waals surface area contributed by atoms with Crippen molar-refractivity contribution in [2.45, 2.75) is 26.7 Å². The van der Waals surface area contributed by atoms with Crippen LogP contribution < -0.4 is 0 Å². The zero-order valence-corrected chi connectivity index (χ0v) is 11.2. The van der Waals surface area contributed by atoms with Crippen molar-refractivity contribution in [2.24, 2.45) is 11.8 Å². The van der Waals surface area contributed by atoms with E-state index >= 15 is 0 Å². The van der Waals surface area contributed by atoms with Gasteiger partial charge in [-0.05, 0) is 12.0 Å². The van der Waals surface area contributed by atoms with E-state index in [1.54, 1.807) is 0 Å². The molecule has 1 atom stereocenters. The van der Waals surface area contributed by atoms with Gasteiger partial charge in [-0.15, -0.1) is 0 Å². The van der Waals surface area contributed by atoms with Crippen LogP contribution in [0.4, 0.5) is 0 Å². The molecule has 3 nitrogen and oxygen atoms in total. The van der Waals surface area contributed by atoms with Crippen LogP contribution in [0.25, 0.3) is 0 Å². The second-order valence-electron chi connectivity index (χ2n) is 4.73. The van der Waals surface area contributed by atoms with E-state index in [4.69, 9.17) is 4.74 Å². The Bertz CT molecular complexity index is 395. The third kappa shape index (κ3) is 4.32. The van der Waals surface area contributed by atoms with Crippen molar-refractivity contribution in [1.29, 1.82) is 0 Å². The molecule has 0 spiro atoms. The molecule has 18 heavy (non-hydrogen) atoms. The molecule has 0 heterocycles. The van der Waals surface area contributed by atoms with Crippen LogP contribution in [0.1, 0.15) is 25.8 Å². The number of benzene rings is 1. The maximum Gasteiger partial charge on any atom is 0.309 e. The van der Waals surface area contributed by atoms with Crippen molar-refractivity contribution in [1.82, 2.24) is 0 Å². The summed E-state index contributed by atoms with van der Waals surface area (Å²) in [5.74, 6) is -0.644. The molecule has 98 valence electrons. The quantitative estimate of drug-likeness (QED) is 0.727. The summed E-state index contributed by atoms with van der Waals surface area (Å²) in [5.41, 5.74) is 1.05. The van der Waals surface area contributed by atoms with Gasteiger partial charge in [0, 0.05) is 12.3 Å². The van der Waals surface area contributed by atoms with Gasteiger partial charge >= 0.3 is 5.97 Å². The minimum absolute atomic E-state index is 0.0482. The van der Waals surface area contributed by atoms with E-state index in [-0.39, 0.29) is 30.0 Å². The number of esters is 1. The Balaban J connectivity index is 2.73. The molecule has 0 fully saturated rings. The third-order valence-corrected chi connectivity index (χ3v) is 2.95. The van der Waals surface area contributed by atoms with Crippen LogP contribution in [0.5, 0.6) is 0 Å². The van der Waals surface area contributed by atoms with Crippen molar-refractivity contribution < 1.29 is 14.3 Å². The smallest absolute Gasteiger partial charge is 0.309 e. The Morgan fingerprint density at radius 2 is 1.78 bits per heavy atom. The lowest BCUT2D eigenvalue weighted by Crippen LogP contribution is -2.24. The van der Waals surface area contributed by atoms with Crippen molar-refractivity contribution in [3.8, 4) is 0 Å². The molecule has 0 N–H and O–H groups in total. The van der Waals surface area contributed by atoms with Gasteiger partial charge in [0.15, 0.2) is 0 Å². The number of Topliss-reactive ketones (excluding diaryl/α,β-unsaturated/α-hetero) is 1. The summed E-state index contributed by atoms with van der Waals surface area (Å²) in [6, 6.07) is 9.68. The van der Waals surface area contributed by atoms with Gasteiger partial charge in [-0.25, -0.2) is 0 Å². The first-order valence-electron chi connectivity index (χ1n) is 6.19. The van der Waals surface area contributed by atoms with Gasteiger partial charge in [0.1, 0.15) is 5.78 Å². The Morgan fingerprint density at radius 1 is 1.17 bits per heavy atom. The molecule has 1 rings (SSSR count). The van der Waals surface area contributed by atoms with Crippen LogP contribution in [0.3, 0.4) is 0 Å². The Kier molecular flexibility index (Phi) is 5.56. The Labute approximate surface area is 108 Å². The van der Waals surface area contributed by atoms with Gasteiger partial charge in [0.2, 0.25) is 0 Å². The fourth-order valence-corrected chi connectivity index (χ4v) is 1.78. The Morgan fingerprint density at radius 3 is 2.28 bits per heavy atom. The van der Waals surface area contributed by atoms with E-state index in [0.29, 0.717) is 6.42 Å². The second kappa shape index (κ2) is 6.94. The van der Waals surface area contributed by atoms with Crippen molar-refractivity contribution in [2.75, 3.05) is 7.11 Å². The molecule has 0 aliphatic carbocycles. The number of methoxy groups -OCH3 is 1. The molecule has 1 aromatic carbocycles. The molecule has 1 aromatic rings. The molecular weight excluding hydrogens is 228 g/mol. The topological polar surface area (TPSA) is 43.4 Å². The highest BCUT2D eigenvalue weighted by Gasteiger charge is 2.24. The number of ether oxygens (including phenoxy) is 1. The van der Waals surface area contributed by atoms with Crippen LogP contribution in [-0.4, -0.2) is 18.9 Å². The Hall–Kier alpha value is -1.64. The number of hydrogen-bond acceptors (Lipinski definition) is 3. The van der Waals surface area contributed by atoms with Gasteiger partial charge < -0.3 is 4.74 Å². The molecule has 0 saturated carbocycles. The standard InChI is InChI=1S/C15H20O3/c1-11(2)14(16)10-13(15(17)18-3)9-12-7-5-4-6-8-12/h4-8,11,13H,9-10H2,1-3H3. The molecule has 1 unspecified atom stereocenters. The predicted molar refractivity (Wildman–Crippen MR) is 70.1 cm³/mol. The van der Waals surface area contributed by atoms with Crippen molar-refractivity contribution >= 4 is 11.8 Å². The summed E-state index contributed by atoms with van der Waals surface area (Å²) < 4.78 is 4.77. The van der Waals surface area contributed by atoms with E-state index in [0.717, 1.165) is 5.56 Å². The van der Waals surface area contributed by atoms with Crippen LogP contribution in [0.15, 0.2) is 30.3 Å². The molecule has 0 aliphatic heterocycles. The highest BCUT2D eigenvalue weighted by Crippen LogP contribution is 2.16. The number of rotatable bonds is 6. The molecule has 0 aliphatic rings. The molecular formula is C15H20O3. The summed E-state index contributed by atoms with van der Waals surface area (Å²) in [6.45, 7) is 3.69. The van der Waals surface area contributed by atoms with E-state index in [1.807, 2.05) is 44.2 Å². The highest BCUT2D eigenvalue weighted by molar-refractivity contribution is 5.85. The first kappa shape index (κ1) is 14.4. The van der Waals surface area contributed by atoms with E-state index < -0.39 is 0 Å². The van der Waals surface area contributed by atoms with Gasteiger partial charge in [-0.3, -0.25) is 9.59 Å². The van der Waals surface area contributed by atoms with Crippen LogP contribution in [-0.2, 0) is 20.7 Å². The lowest BCUT2D eigenvalue weighted by molar-refractivity contribution is -0.147. The van der Waals surface area contributed by atoms with Gasteiger partial charge in [0.05, 0.1) is 13.0 Å². The minimum atomic E-state index is -0.382.